The number of hydrogen-bond donors (Lipinski definition) is 3. The van der Waals surface area contributed by atoms with Crippen LogP contribution in [0.1, 0.15) is 15.9 Å². The number of nitrogens with two attached hydrogens (primary N) is 1. The molecule has 4 N–H and O–H groups in total. The molecule has 0 aliphatic rings. The summed E-state index contributed by atoms with van der Waals surface area (Å²) in [6.45, 7) is 0. The van der Waals surface area contributed by atoms with Gasteiger partial charge in [0.15, 0.2) is 0 Å². The molecule has 0 aliphatic heterocycles. The molecule has 0 aliphatic carbocycles. The fourth-order valence-electron chi connectivity index (χ4n) is 4.72. The maximum absolute atomic E-state index is 13.5. The summed E-state index contributed by atoms with van der Waals surface area (Å²) in [5, 5.41) is 2.86. The van der Waals surface area contributed by atoms with E-state index in [1.165, 1.54) is 43.5 Å². The van der Waals surface area contributed by atoms with Crippen molar-refractivity contribution in [3.63, 3.8) is 0 Å². The maximum Gasteiger partial charge on any atom is 0.328 e. The molecular weight excluding hydrogens is 626 g/mol. The zero-order valence-electron chi connectivity index (χ0n) is 24.6. The SMILES string of the molecule is COC(=O)[C@H](Cc1ccc(-c2ccccc2Oc2ccccc2)cc1)NC(=O)c1cc(Cl)ccc1NS(=O)(=O)c1cccc(N)c1. The van der Waals surface area contributed by atoms with Crippen LogP contribution in [0.3, 0.4) is 0 Å². The van der Waals surface area contributed by atoms with Crippen LogP contribution in [0, 0.1) is 0 Å². The average Bonchev–Trinajstić information content (AvgIpc) is 3.06. The smallest absolute Gasteiger partial charge is 0.328 e. The fourth-order valence-corrected chi connectivity index (χ4v) is 6.02. The molecule has 0 unspecified atom stereocenters. The first-order valence-electron chi connectivity index (χ1n) is 14.1. The van der Waals surface area contributed by atoms with Crippen molar-refractivity contribution in [2.24, 2.45) is 0 Å². The van der Waals surface area contributed by atoms with E-state index in [1.54, 1.807) is 6.07 Å². The van der Waals surface area contributed by atoms with Gasteiger partial charge in [0.25, 0.3) is 15.9 Å². The Morgan fingerprint density at radius 3 is 2.28 bits per heavy atom. The van der Waals surface area contributed by atoms with Gasteiger partial charge in [-0.3, -0.25) is 9.52 Å². The largest absolute Gasteiger partial charge is 0.467 e. The minimum Gasteiger partial charge on any atom is -0.467 e. The lowest BCUT2D eigenvalue weighted by molar-refractivity contribution is -0.142. The first kappa shape index (κ1) is 32.1. The predicted octanol–water partition coefficient (Wildman–Crippen LogP) is 6.70. The highest BCUT2D eigenvalue weighted by atomic mass is 35.5. The molecule has 0 saturated carbocycles. The molecule has 0 saturated heterocycles. The number of nitrogens with one attached hydrogen (secondary N) is 2. The monoisotopic (exact) mass is 655 g/mol. The second kappa shape index (κ2) is 14.2. The maximum atomic E-state index is 13.5. The van der Waals surface area contributed by atoms with Crippen LogP contribution >= 0.6 is 11.6 Å². The summed E-state index contributed by atoms with van der Waals surface area (Å²) in [4.78, 5) is 26.2. The molecule has 0 heterocycles. The Balaban J connectivity index is 1.35. The van der Waals surface area contributed by atoms with Gasteiger partial charge in [0.1, 0.15) is 17.5 Å². The summed E-state index contributed by atoms with van der Waals surface area (Å²) in [6, 6.07) is 33.4. The Bertz CT molecular complexity index is 1970. The Morgan fingerprint density at radius 1 is 0.848 bits per heavy atom. The van der Waals surface area contributed by atoms with E-state index in [0.29, 0.717) is 11.5 Å². The number of amides is 1. The fraction of sp³-hybridized carbons (Fsp3) is 0.0857. The van der Waals surface area contributed by atoms with Crippen LogP contribution < -0.4 is 20.5 Å². The van der Waals surface area contributed by atoms with Crippen molar-refractivity contribution < 1.29 is 27.5 Å². The molecule has 0 aromatic heterocycles. The van der Waals surface area contributed by atoms with Crippen LogP contribution in [-0.2, 0) is 26.0 Å². The van der Waals surface area contributed by atoms with E-state index in [4.69, 9.17) is 26.8 Å². The molecule has 9 nitrogen and oxygen atoms in total. The zero-order chi connectivity index (χ0) is 32.7. The number of nitrogen functional groups attached to an aromatic ring is 1. The van der Waals surface area contributed by atoms with Crippen LogP contribution in [0.15, 0.2) is 126 Å². The number of esters is 1. The summed E-state index contributed by atoms with van der Waals surface area (Å²) < 4.78 is 39.6. The number of sulfonamides is 1. The van der Waals surface area contributed by atoms with Gasteiger partial charge in [-0.15, -0.1) is 0 Å². The average molecular weight is 656 g/mol. The number of rotatable bonds is 11. The molecule has 0 bridgehead atoms. The number of carbonyl (C=O) groups is 2. The summed E-state index contributed by atoms with van der Waals surface area (Å²) in [6.07, 6.45) is 0.103. The van der Waals surface area contributed by atoms with Crippen molar-refractivity contribution in [3.05, 3.63) is 137 Å². The van der Waals surface area contributed by atoms with Crippen molar-refractivity contribution in [3.8, 4) is 22.6 Å². The van der Waals surface area contributed by atoms with Gasteiger partial charge >= 0.3 is 5.97 Å². The van der Waals surface area contributed by atoms with Crippen molar-refractivity contribution in [2.75, 3.05) is 17.6 Å². The van der Waals surface area contributed by atoms with Crippen molar-refractivity contribution in [2.45, 2.75) is 17.4 Å². The molecule has 234 valence electrons. The first-order valence-corrected chi connectivity index (χ1v) is 16.0. The second-order valence-corrected chi connectivity index (χ2v) is 12.3. The van der Waals surface area contributed by atoms with Crippen molar-refractivity contribution in [1.82, 2.24) is 5.32 Å². The normalized spacial score (nSPS) is 11.7. The summed E-state index contributed by atoms with van der Waals surface area (Å²) in [5.41, 5.74) is 8.42. The molecular formula is C35H30ClN3O6S. The van der Waals surface area contributed by atoms with Crippen LogP contribution in [0.25, 0.3) is 11.1 Å². The van der Waals surface area contributed by atoms with E-state index in [-0.39, 0.29) is 33.3 Å². The van der Waals surface area contributed by atoms with Gasteiger partial charge < -0.3 is 20.5 Å². The summed E-state index contributed by atoms with van der Waals surface area (Å²) in [5.74, 6) is -0.0109. The zero-order valence-corrected chi connectivity index (χ0v) is 26.2. The minimum absolute atomic E-state index is 0.0336. The molecule has 0 fully saturated rings. The molecule has 46 heavy (non-hydrogen) atoms. The van der Waals surface area contributed by atoms with Gasteiger partial charge in [0, 0.05) is 22.7 Å². The van der Waals surface area contributed by atoms with Crippen LogP contribution in [0.4, 0.5) is 11.4 Å². The number of carbonyl (C=O) groups excluding carboxylic acids is 2. The van der Waals surface area contributed by atoms with E-state index in [9.17, 15) is 18.0 Å². The lowest BCUT2D eigenvalue weighted by Crippen LogP contribution is -2.43. The van der Waals surface area contributed by atoms with Gasteiger partial charge in [-0.25, -0.2) is 13.2 Å². The minimum atomic E-state index is -4.10. The number of hydrogen-bond acceptors (Lipinski definition) is 7. The van der Waals surface area contributed by atoms with E-state index >= 15 is 0 Å². The van der Waals surface area contributed by atoms with Crippen LogP contribution in [0.2, 0.25) is 5.02 Å². The number of halogens is 1. The highest BCUT2D eigenvalue weighted by Crippen LogP contribution is 2.33. The van der Waals surface area contributed by atoms with Crippen molar-refractivity contribution >= 4 is 44.9 Å². The molecule has 0 spiro atoms. The van der Waals surface area contributed by atoms with Gasteiger partial charge in [-0.05, 0) is 65.7 Å². The van der Waals surface area contributed by atoms with Gasteiger partial charge in [-0.1, -0.05) is 78.3 Å². The first-order chi connectivity index (χ1) is 22.1. The lowest BCUT2D eigenvalue weighted by atomic mass is 9.99. The van der Waals surface area contributed by atoms with Crippen LogP contribution in [0.5, 0.6) is 11.5 Å². The molecule has 11 heteroatoms. The quantitative estimate of drug-likeness (QED) is 0.106. The lowest BCUT2D eigenvalue weighted by Gasteiger charge is -2.19. The molecule has 5 aromatic carbocycles. The standard InChI is InChI=1S/C35H30ClN3O6S/c1-44-35(41)32(20-23-14-16-24(17-15-23)29-12-5-6-13-33(29)45-27-9-3-2-4-10-27)38-34(40)30-21-25(36)18-19-31(30)39-46(42,43)28-11-7-8-26(37)22-28/h2-19,21-22,32,39H,20,37H2,1H3,(H,38,40)/t32-/m0/s1. The Hall–Kier alpha value is -5.32. The topological polar surface area (TPSA) is 137 Å². The molecule has 5 rings (SSSR count). The highest BCUT2D eigenvalue weighted by molar-refractivity contribution is 7.92. The van der Waals surface area contributed by atoms with E-state index < -0.39 is 27.9 Å². The summed E-state index contributed by atoms with van der Waals surface area (Å²) in [7, 11) is -2.88. The Labute approximate surface area is 272 Å². The Morgan fingerprint density at radius 2 is 1.57 bits per heavy atom. The molecule has 1 atom stereocenters. The van der Waals surface area contributed by atoms with E-state index in [2.05, 4.69) is 10.0 Å². The molecule has 0 radical (unpaired) electrons. The van der Waals surface area contributed by atoms with Gasteiger partial charge in [0.05, 0.1) is 23.3 Å². The third kappa shape index (κ3) is 7.84. The molecule has 5 aromatic rings. The predicted molar refractivity (Wildman–Crippen MR) is 178 cm³/mol. The number of methoxy groups -OCH3 is 1. The third-order valence-electron chi connectivity index (χ3n) is 6.99. The van der Waals surface area contributed by atoms with Crippen LogP contribution in [-0.4, -0.2) is 33.4 Å². The third-order valence-corrected chi connectivity index (χ3v) is 8.59. The van der Waals surface area contributed by atoms with Gasteiger partial charge in [-0.2, -0.15) is 0 Å². The number of para-hydroxylation sites is 2. The highest BCUT2D eigenvalue weighted by Gasteiger charge is 2.26. The second-order valence-electron chi connectivity index (χ2n) is 10.2. The van der Waals surface area contributed by atoms with Gasteiger partial charge in [0.2, 0.25) is 0 Å². The van der Waals surface area contributed by atoms with E-state index in [1.807, 2.05) is 78.9 Å². The summed E-state index contributed by atoms with van der Waals surface area (Å²) >= 11 is 6.17. The number of benzene rings is 5. The van der Waals surface area contributed by atoms with E-state index in [0.717, 1.165) is 16.7 Å². The number of anilines is 2. The number of ether oxygens (including phenoxy) is 2. The molecule has 1 amide bonds. The van der Waals surface area contributed by atoms with Crippen molar-refractivity contribution in [1.29, 1.82) is 0 Å². The Kier molecular flexibility index (Phi) is 9.90.